The Bertz CT molecular complexity index is 1110. The minimum Gasteiger partial charge on any atom is -0.414 e. The van der Waals surface area contributed by atoms with Crippen molar-refractivity contribution < 1.29 is 27.6 Å². The minimum absolute atomic E-state index is 0.00537. The second-order valence-electron chi connectivity index (χ2n) is 19.4. The van der Waals surface area contributed by atoms with E-state index in [1.165, 1.54) is 12.2 Å². The zero-order valence-corrected chi connectivity index (χ0v) is 38.0. The lowest BCUT2D eigenvalue weighted by Crippen LogP contribution is -2.52. The van der Waals surface area contributed by atoms with Crippen LogP contribution in [0.3, 0.4) is 0 Å². The molecule has 0 aliphatic carbocycles. The van der Waals surface area contributed by atoms with Gasteiger partial charge in [0.05, 0.1) is 37.9 Å². The third kappa shape index (κ3) is 13.2. The zero-order chi connectivity index (χ0) is 37.9. The Morgan fingerprint density at radius 2 is 1.35 bits per heavy atom. The number of carbonyl (C=O) groups excluding carboxylic acids is 1. The molecule has 1 amide bonds. The summed E-state index contributed by atoms with van der Waals surface area (Å²) in [6.45, 7) is 45.8. The molecule has 0 unspecified atom stereocenters. The molecular formula is C38H77NO6Si3. The van der Waals surface area contributed by atoms with Crippen LogP contribution in [-0.4, -0.2) is 80.6 Å². The smallest absolute Gasteiger partial charge is 0.248 e. The Labute approximate surface area is 300 Å². The average Bonchev–Trinajstić information content (AvgIpc) is 3.61. The molecular weight excluding hydrogens is 651 g/mol. The normalized spacial score (nSPS) is 21.0. The molecule has 1 heterocycles. The highest BCUT2D eigenvalue weighted by Crippen LogP contribution is 2.45. The summed E-state index contributed by atoms with van der Waals surface area (Å²) in [6.07, 6.45) is 5.00. The topological polar surface area (TPSA) is 69.8 Å². The standard InChI is InChI=1S/C38H77NO6Si3/c1-28(22-29(2)24-32-33(43-32)27-42-46(16,17)35(4,5)6)23-30(3)38(13,45-48(20,21)37(10,11)12)26-31(25-34(40)39(14)41-15)44-47(18,19)36(7,8)9/h23,29,31-33H,1,22,24-27H2,2-21H3/b30-23+/t29-,31-,32+,33+,38-/m1/s1. The summed E-state index contributed by atoms with van der Waals surface area (Å²) < 4.78 is 26.8. The highest BCUT2D eigenvalue weighted by Gasteiger charge is 2.47. The maximum atomic E-state index is 13.2. The lowest BCUT2D eigenvalue weighted by molar-refractivity contribution is -0.170. The van der Waals surface area contributed by atoms with Gasteiger partial charge in [0, 0.05) is 13.5 Å². The minimum atomic E-state index is -2.23. The molecule has 0 saturated carbocycles. The number of hydrogen-bond donors (Lipinski definition) is 0. The van der Waals surface area contributed by atoms with Gasteiger partial charge in [0.2, 0.25) is 5.91 Å². The molecule has 0 aromatic heterocycles. The van der Waals surface area contributed by atoms with Crippen LogP contribution in [0.4, 0.5) is 0 Å². The van der Waals surface area contributed by atoms with Crippen LogP contribution in [0, 0.1) is 5.92 Å². The maximum Gasteiger partial charge on any atom is 0.248 e. The fourth-order valence-electron chi connectivity index (χ4n) is 5.09. The predicted octanol–water partition coefficient (Wildman–Crippen LogP) is 10.7. The molecule has 48 heavy (non-hydrogen) atoms. The van der Waals surface area contributed by atoms with Gasteiger partial charge >= 0.3 is 0 Å². The second-order valence-corrected chi connectivity index (χ2v) is 33.7. The highest BCUT2D eigenvalue weighted by molar-refractivity contribution is 6.75. The van der Waals surface area contributed by atoms with Crippen LogP contribution in [0.1, 0.15) is 109 Å². The summed E-state index contributed by atoms with van der Waals surface area (Å²) in [5.74, 6) is 0.319. The fourth-order valence-corrected chi connectivity index (χ4v) is 9.14. The van der Waals surface area contributed by atoms with Gasteiger partial charge in [0.1, 0.15) is 6.10 Å². The van der Waals surface area contributed by atoms with E-state index in [0.29, 0.717) is 18.9 Å². The number of hydroxylamine groups is 2. The first kappa shape index (κ1) is 45.4. The van der Waals surface area contributed by atoms with E-state index in [2.05, 4.69) is 135 Å². The van der Waals surface area contributed by atoms with Gasteiger partial charge < -0.3 is 18.0 Å². The van der Waals surface area contributed by atoms with Crippen LogP contribution in [-0.2, 0) is 27.6 Å². The Morgan fingerprint density at radius 1 is 0.854 bits per heavy atom. The lowest BCUT2D eigenvalue weighted by Gasteiger charge is -2.47. The first-order chi connectivity index (χ1) is 21.3. The first-order valence-corrected chi connectivity index (χ1v) is 26.9. The lowest BCUT2D eigenvalue weighted by atomic mass is 9.87. The van der Waals surface area contributed by atoms with Crippen molar-refractivity contribution in [2.24, 2.45) is 5.92 Å². The quantitative estimate of drug-likeness (QED) is 0.0606. The number of amides is 1. The van der Waals surface area contributed by atoms with Gasteiger partial charge in [0.25, 0.3) is 0 Å². The van der Waals surface area contributed by atoms with Gasteiger partial charge in [-0.25, -0.2) is 5.06 Å². The number of rotatable bonds is 18. The summed E-state index contributed by atoms with van der Waals surface area (Å²) in [5, 5.41) is 1.50. The Kier molecular flexibility index (Phi) is 15.5. The average molecular weight is 728 g/mol. The third-order valence-electron chi connectivity index (χ3n) is 11.8. The molecule has 0 aromatic carbocycles. The van der Waals surface area contributed by atoms with Crippen LogP contribution in [0.15, 0.2) is 23.8 Å². The van der Waals surface area contributed by atoms with E-state index in [0.717, 1.165) is 24.0 Å². The van der Waals surface area contributed by atoms with Gasteiger partial charge in [-0.15, -0.1) is 0 Å². The number of allylic oxidation sites excluding steroid dienone is 2. The first-order valence-electron chi connectivity index (χ1n) is 18.1. The predicted molar refractivity (Wildman–Crippen MR) is 211 cm³/mol. The van der Waals surface area contributed by atoms with Crippen molar-refractivity contribution in [1.82, 2.24) is 5.06 Å². The van der Waals surface area contributed by atoms with Crippen molar-refractivity contribution >= 4 is 30.9 Å². The molecule has 0 aromatic rings. The van der Waals surface area contributed by atoms with E-state index in [-0.39, 0.29) is 45.8 Å². The summed E-state index contributed by atoms with van der Waals surface area (Å²) in [5.41, 5.74) is 1.54. The van der Waals surface area contributed by atoms with E-state index >= 15 is 0 Å². The molecule has 7 nitrogen and oxygen atoms in total. The van der Waals surface area contributed by atoms with E-state index in [9.17, 15) is 4.79 Å². The summed E-state index contributed by atoms with van der Waals surface area (Å²) in [4.78, 5) is 18.5. The molecule has 0 bridgehead atoms. The highest BCUT2D eigenvalue weighted by atomic mass is 28.4. The largest absolute Gasteiger partial charge is 0.414 e. The van der Waals surface area contributed by atoms with Gasteiger partial charge in [-0.2, -0.15) is 0 Å². The van der Waals surface area contributed by atoms with E-state index < -0.39 is 30.6 Å². The molecule has 5 atom stereocenters. The van der Waals surface area contributed by atoms with Crippen LogP contribution >= 0.6 is 0 Å². The van der Waals surface area contributed by atoms with Gasteiger partial charge in [-0.3, -0.25) is 9.63 Å². The van der Waals surface area contributed by atoms with Gasteiger partial charge in [-0.1, -0.05) is 87.5 Å². The zero-order valence-electron chi connectivity index (χ0n) is 35.0. The molecule has 282 valence electrons. The fraction of sp³-hybridized carbons (Fsp3) is 0.868. The summed E-state index contributed by atoms with van der Waals surface area (Å²) in [7, 11) is -3.06. The molecule has 1 saturated heterocycles. The van der Waals surface area contributed by atoms with E-state index in [4.69, 9.17) is 22.9 Å². The SMILES string of the molecule is C=C(/C=C(\C)[C@@](C)(C[C@@H](CC(=O)N(C)OC)O[Si](C)(C)C(C)(C)C)O[Si](C)(C)C(C)(C)C)C[C@@H](C)C[C@@H]1O[C@H]1CO[Si](C)(C)C(C)(C)C. The molecule has 0 radical (unpaired) electrons. The Hall–Kier alpha value is -0.599. The van der Waals surface area contributed by atoms with Crippen LogP contribution in [0.5, 0.6) is 0 Å². The molecule has 1 rings (SSSR count). The maximum absolute atomic E-state index is 13.2. The number of epoxide rings is 1. The van der Waals surface area contributed by atoms with E-state index in [1.54, 1.807) is 7.05 Å². The second kappa shape index (κ2) is 16.4. The molecule has 1 fully saturated rings. The van der Waals surface area contributed by atoms with E-state index in [1.807, 2.05) is 0 Å². The Morgan fingerprint density at radius 3 is 1.81 bits per heavy atom. The van der Waals surface area contributed by atoms with Gasteiger partial charge in [-0.05, 0) is 92.6 Å². The van der Waals surface area contributed by atoms with Crippen molar-refractivity contribution in [3.05, 3.63) is 23.8 Å². The number of nitrogens with zero attached hydrogens (tertiary/aromatic N) is 1. The third-order valence-corrected chi connectivity index (χ3v) is 25.4. The summed E-state index contributed by atoms with van der Waals surface area (Å²) in [6, 6.07) is 0. The van der Waals surface area contributed by atoms with Crippen molar-refractivity contribution in [2.75, 3.05) is 20.8 Å². The molecule has 0 spiro atoms. The van der Waals surface area contributed by atoms with Gasteiger partial charge in [0.15, 0.2) is 25.0 Å². The van der Waals surface area contributed by atoms with Crippen molar-refractivity contribution in [1.29, 1.82) is 0 Å². The number of ether oxygens (including phenoxy) is 1. The number of hydrogen-bond acceptors (Lipinski definition) is 6. The van der Waals surface area contributed by atoms with Crippen LogP contribution in [0.25, 0.3) is 0 Å². The summed E-state index contributed by atoms with van der Waals surface area (Å²) >= 11 is 0. The Balaban J connectivity index is 3.26. The van der Waals surface area contributed by atoms with Crippen molar-refractivity contribution in [2.45, 2.75) is 187 Å². The van der Waals surface area contributed by atoms with Crippen LogP contribution < -0.4 is 0 Å². The number of carbonyl (C=O) groups is 1. The molecule has 1 aliphatic heterocycles. The van der Waals surface area contributed by atoms with Crippen molar-refractivity contribution in [3.63, 3.8) is 0 Å². The molecule has 10 heteroatoms. The molecule has 1 aliphatic rings. The van der Waals surface area contributed by atoms with Crippen molar-refractivity contribution in [3.8, 4) is 0 Å². The van der Waals surface area contributed by atoms with Crippen LogP contribution in [0.2, 0.25) is 54.4 Å². The monoisotopic (exact) mass is 728 g/mol. The molecule has 0 N–H and O–H groups in total.